The smallest absolute Gasteiger partial charge is 0.241 e. The van der Waals surface area contributed by atoms with E-state index in [1.165, 1.54) is 0 Å². The first kappa shape index (κ1) is 12.8. The van der Waals surface area contributed by atoms with Gasteiger partial charge in [-0.3, -0.25) is 4.57 Å². The average molecular weight is 275 g/mol. The largest absolute Gasteiger partial charge is 0.396 e. The van der Waals surface area contributed by atoms with Crippen LogP contribution in [0.25, 0.3) is 5.95 Å². The Morgan fingerprint density at radius 2 is 2.15 bits per heavy atom. The highest BCUT2D eigenvalue weighted by atomic mass is 16.3. The van der Waals surface area contributed by atoms with Crippen LogP contribution in [0.4, 0.5) is 11.9 Å². The van der Waals surface area contributed by atoms with Gasteiger partial charge in [-0.05, 0) is 18.8 Å². The highest BCUT2D eigenvalue weighted by molar-refractivity contribution is 5.38. The number of aromatic nitrogens is 5. The molecular formula is C12H17N7O. The summed E-state index contributed by atoms with van der Waals surface area (Å²) in [5.41, 5.74) is 5.77. The van der Waals surface area contributed by atoms with Crippen LogP contribution < -0.4 is 10.6 Å². The second-order valence-corrected chi connectivity index (χ2v) is 4.90. The zero-order valence-electron chi connectivity index (χ0n) is 11.1. The van der Waals surface area contributed by atoms with E-state index in [1.807, 2.05) is 4.90 Å². The summed E-state index contributed by atoms with van der Waals surface area (Å²) >= 11 is 0. The van der Waals surface area contributed by atoms with Gasteiger partial charge in [0.15, 0.2) is 0 Å². The molecule has 106 valence electrons. The van der Waals surface area contributed by atoms with Crippen LogP contribution in [-0.2, 0) is 0 Å². The lowest BCUT2D eigenvalue weighted by Gasteiger charge is -2.31. The predicted molar refractivity (Wildman–Crippen MR) is 73.4 cm³/mol. The number of aliphatic hydroxyl groups excluding tert-OH is 1. The van der Waals surface area contributed by atoms with E-state index in [2.05, 4.69) is 19.9 Å². The zero-order chi connectivity index (χ0) is 13.9. The summed E-state index contributed by atoms with van der Waals surface area (Å²) in [5, 5.41) is 9.30. The van der Waals surface area contributed by atoms with Gasteiger partial charge in [-0.15, -0.1) is 0 Å². The number of aliphatic hydroxyl groups is 1. The molecule has 0 bridgehead atoms. The van der Waals surface area contributed by atoms with Crippen molar-refractivity contribution in [3.8, 4) is 5.95 Å². The number of imidazole rings is 1. The summed E-state index contributed by atoms with van der Waals surface area (Å²) in [5.74, 6) is 1.46. The Bertz CT molecular complexity index is 571. The van der Waals surface area contributed by atoms with Crippen molar-refractivity contribution < 1.29 is 5.11 Å². The minimum Gasteiger partial charge on any atom is -0.396 e. The fourth-order valence-corrected chi connectivity index (χ4v) is 2.40. The standard InChI is InChI=1S/C12H17N7O/c13-10-15-11(18-4-1-2-9(6-18)7-20)17-12(16-10)19-5-3-14-8-19/h3,5,8-9,20H,1-2,4,6-7H2,(H2,13,15,16,17). The van der Waals surface area contributed by atoms with Crippen molar-refractivity contribution in [2.75, 3.05) is 30.3 Å². The fraction of sp³-hybridized carbons (Fsp3) is 0.500. The second-order valence-electron chi connectivity index (χ2n) is 4.90. The van der Waals surface area contributed by atoms with Crippen molar-refractivity contribution >= 4 is 11.9 Å². The molecule has 1 saturated heterocycles. The molecule has 1 aliphatic rings. The van der Waals surface area contributed by atoms with Crippen molar-refractivity contribution in [2.45, 2.75) is 12.8 Å². The van der Waals surface area contributed by atoms with Gasteiger partial charge < -0.3 is 15.7 Å². The Kier molecular flexibility index (Phi) is 3.46. The van der Waals surface area contributed by atoms with Gasteiger partial charge in [-0.25, -0.2) is 4.98 Å². The van der Waals surface area contributed by atoms with Crippen molar-refractivity contribution in [3.05, 3.63) is 18.7 Å². The Hall–Kier alpha value is -2.22. The van der Waals surface area contributed by atoms with Gasteiger partial charge in [0, 0.05) is 32.1 Å². The molecule has 0 amide bonds. The first-order valence-corrected chi connectivity index (χ1v) is 6.62. The van der Waals surface area contributed by atoms with Crippen LogP contribution in [0.3, 0.4) is 0 Å². The number of rotatable bonds is 3. The van der Waals surface area contributed by atoms with E-state index >= 15 is 0 Å². The number of hydrogen-bond donors (Lipinski definition) is 2. The minimum atomic E-state index is 0.185. The lowest BCUT2D eigenvalue weighted by atomic mass is 9.99. The summed E-state index contributed by atoms with van der Waals surface area (Å²) in [6.07, 6.45) is 7.07. The van der Waals surface area contributed by atoms with E-state index in [1.54, 1.807) is 23.3 Å². The highest BCUT2D eigenvalue weighted by Crippen LogP contribution is 2.21. The number of nitrogens with zero attached hydrogens (tertiary/aromatic N) is 6. The molecule has 0 aliphatic carbocycles. The average Bonchev–Trinajstić information content (AvgIpc) is 3.01. The highest BCUT2D eigenvalue weighted by Gasteiger charge is 2.22. The van der Waals surface area contributed by atoms with Crippen LogP contribution in [0.2, 0.25) is 0 Å². The van der Waals surface area contributed by atoms with Gasteiger partial charge in [0.2, 0.25) is 17.8 Å². The molecule has 8 nitrogen and oxygen atoms in total. The van der Waals surface area contributed by atoms with E-state index in [0.29, 0.717) is 11.9 Å². The molecule has 3 N–H and O–H groups in total. The lowest BCUT2D eigenvalue weighted by Crippen LogP contribution is -2.38. The lowest BCUT2D eigenvalue weighted by molar-refractivity contribution is 0.208. The first-order valence-electron chi connectivity index (χ1n) is 6.62. The molecule has 1 unspecified atom stereocenters. The SMILES string of the molecule is Nc1nc(N2CCCC(CO)C2)nc(-n2ccnc2)n1. The molecule has 3 heterocycles. The van der Waals surface area contributed by atoms with E-state index < -0.39 is 0 Å². The molecule has 8 heteroatoms. The molecule has 0 aromatic carbocycles. The second kappa shape index (κ2) is 5.41. The predicted octanol–water partition coefficient (Wildman–Crippen LogP) is -0.152. The van der Waals surface area contributed by atoms with Gasteiger partial charge >= 0.3 is 0 Å². The molecule has 0 spiro atoms. The van der Waals surface area contributed by atoms with Gasteiger partial charge in [-0.1, -0.05) is 0 Å². The third-order valence-electron chi connectivity index (χ3n) is 3.42. The summed E-state index contributed by atoms with van der Waals surface area (Å²) in [6.45, 7) is 1.79. The van der Waals surface area contributed by atoms with Gasteiger partial charge in [0.1, 0.15) is 6.33 Å². The van der Waals surface area contributed by atoms with Crippen LogP contribution in [0, 0.1) is 5.92 Å². The van der Waals surface area contributed by atoms with Crippen LogP contribution in [0.15, 0.2) is 18.7 Å². The number of hydrogen-bond acceptors (Lipinski definition) is 7. The van der Waals surface area contributed by atoms with Crippen molar-refractivity contribution in [3.63, 3.8) is 0 Å². The fourth-order valence-electron chi connectivity index (χ4n) is 2.40. The molecule has 2 aromatic rings. The maximum absolute atomic E-state index is 9.30. The Morgan fingerprint density at radius 1 is 1.30 bits per heavy atom. The Balaban J connectivity index is 1.89. The van der Waals surface area contributed by atoms with Crippen molar-refractivity contribution in [2.24, 2.45) is 5.92 Å². The third-order valence-corrected chi connectivity index (χ3v) is 3.42. The molecular weight excluding hydrogens is 258 g/mol. The molecule has 0 radical (unpaired) electrons. The summed E-state index contributed by atoms with van der Waals surface area (Å²) in [6, 6.07) is 0. The molecule has 1 fully saturated rings. The topological polar surface area (TPSA) is 106 Å². The summed E-state index contributed by atoms with van der Waals surface area (Å²) in [7, 11) is 0. The normalized spacial score (nSPS) is 19.2. The number of anilines is 2. The monoisotopic (exact) mass is 275 g/mol. The van der Waals surface area contributed by atoms with E-state index in [4.69, 9.17) is 5.73 Å². The minimum absolute atomic E-state index is 0.185. The summed E-state index contributed by atoms with van der Waals surface area (Å²) < 4.78 is 1.69. The molecule has 1 atom stereocenters. The van der Waals surface area contributed by atoms with E-state index in [9.17, 15) is 5.11 Å². The van der Waals surface area contributed by atoms with Gasteiger partial charge in [0.05, 0.1) is 0 Å². The van der Waals surface area contributed by atoms with Gasteiger partial charge in [-0.2, -0.15) is 15.0 Å². The van der Waals surface area contributed by atoms with E-state index in [0.717, 1.165) is 25.9 Å². The molecule has 0 saturated carbocycles. The quantitative estimate of drug-likeness (QED) is 0.802. The van der Waals surface area contributed by atoms with Crippen LogP contribution in [0.1, 0.15) is 12.8 Å². The Labute approximate surface area is 116 Å². The molecule has 1 aliphatic heterocycles. The third kappa shape index (κ3) is 2.55. The maximum atomic E-state index is 9.30. The zero-order valence-corrected chi connectivity index (χ0v) is 11.1. The van der Waals surface area contributed by atoms with Crippen LogP contribution >= 0.6 is 0 Å². The Morgan fingerprint density at radius 3 is 2.90 bits per heavy atom. The first-order chi connectivity index (χ1) is 9.76. The number of nitrogens with two attached hydrogens (primary N) is 1. The summed E-state index contributed by atoms with van der Waals surface area (Å²) in [4.78, 5) is 18.8. The molecule has 20 heavy (non-hydrogen) atoms. The van der Waals surface area contributed by atoms with Crippen molar-refractivity contribution in [1.82, 2.24) is 24.5 Å². The number of nitrogen functional groups attached to an aromatic ring is 1. The van der Waals surface area contributed by atoms with Crippen LogP contribution in [-0.4, -0.2) is 49.3 Å². The van der Waals surface area contributed by atoms with E-state index in [-0.39, 0.29) is 18.5 Å². The van der Waals surface area contributed by atoms with Gasteiger partial charge in [0.25, 0.3) is 0 Å². The maximum Gasteiger partial charge on any atom is 0.241 e. The van der Waals surface area contributed by atoms with Crippen molar-refractivity contribution in [1.29, 1.82) is 0 Å². The molecule has 3 rings (SSSR count). The van der Waals surface area contributed by atoms with Crippen LogP contribution in [0.5, 0.6) is 0 Å². The number of piperidine rings is 1. The molecule has 2 aromatic heterocycles.